The van der Waals surface area contributed by atoms with Crippen LogP contribution in [-0.2, 0) is 10.0 Å². The Bertz CT molecular complexity index is 1290. The summed E-state index contributed by atoms with van der Waals surface area (Å²) in [6.07, 6.45) is 0. The van der Waals surface area contributed by atoms with E-state index in [2.05, 4.69) is 10.1 Å². The molecule has 0 unspecified atom stereocenters. The van der Waals surface area contributed by atoms with Crippen molar-refractivity contribution in [2.24, 2.45) is 0 Å². The van der Waals surface area contributed by atoms with Crippen LogP contribution in [-0.4, -0.2) is 31.1 Å². The zero-order chi connectivity index (χ0) is 22.2. The van der Waals surface area contributed by atoms with Gasteiger partial charge in [-0.15, -0.1) is 0 Å². The van der Waals surface area contributed by atoms with Gasteiger partial charge in [-0.2, -0.15) is 5.01 Å². The molecule has 0 fully saturated rings. The largest absolute Gasteiger partial charge is 0.280 e. The first-order valence-corrected chi connectivity index (χ1v) is 10.8. The Kier molecular flexibility index (Phi) is 5.22. The van der Waals surface area contributed by atoms with Crippen molar-refractivity contribution in [1.29, 1.82) is 0 Å². The number of amides is 3. The second kappa shape index (κ2) is 7.86. The highest BCUT2D eigenvalue weighted by molar-refractivity contribution is 7.92. The van der Waals surface area contributed by atoms with E-state index in [0.717, 1.165) is 0 Å². The van der Waals surface area contributed by atoms with E-state index in [1.807, 2.05) is 0 Å². The summed E-state index contributed by atoms with van der Waals surface area (Å²) in [5.74, 6) is -2.04. The standard InChI is InChI=1S/C21H14ClN3O5S/c22-14-8-10-16(11-9-14)31(29,30)24-15-5-3-4-13(12-15)19(26)23-25-20(27)17-6-1-2-7-18(17)21(25)28/h1-12,24H,(H,23,26). The molecule has 8 nitrogen and oxygen atoms in total. The minimum Gasteiger partial charge on any atom is -0.280 e. The Morgan fingerprint density at radius 1 is 0.839 bits per heavy atom. The number of anilines is 1. The zero-order valence-corrected chi connectivity index (χ0v) is 17.3. The van der Waals surface area contributed by atoms with Crippen molar-refractivity contribution >= 4 is 45.0 Å². The first-order chi connectivity index (χ1) is 14.8. The Morgan fingerprint density at radius 2 is 1.45 bits per heavy atom. The van der Waals surface area contributed by atoms with Crippen LogP contribution in [0.2, 0.25) is 5.02 Å². The van der Waals surface area contributed by atoms with Gasteiger partial charge in [-0.05, 0) is 54.6 Å². The third kappa shape index (κ3) is 4.00. The lowest BCUT2D eigenvalue weighted by Gasteiger charge is -2.15. The number of carbonyl (C=O) groups is 3. The molecule has 0 bridgehead atoms. The summed E-state index contributed by atoms with van der Waals surface area (Å²) in [6, 6.07) is 17.5. The van der Waals surface area contributed by atoms with Crippen LogP contribution in [0.3, 0.4) is 0 Å². The van der Waals surface area contributed by atoms with Gasteiger partial charge in [0.1, 0.15) is 0 Å². The van der Waals surface area contributed by atoms with Gasteiger partial charge in [0.05, 0.1) is 16.0 Å². The van der Waals surface area contributed by atoms with Crippen molar-refractivity contribution in [2.75, 3.05) is 4.72 Å². The first kappa shape index (κ1) is 20.6. The van der Waals surface area contributed by atoms with Crippen LogP contribution in [0.1, 0.15) is 31.1 Å². The lowest BCUT2D eigenvalue weighted by atomic mass is 10.1. The molecule has 0 aromatic heterocycles. The summed E-state index contributed by atoms with van der Waals surface area (Å²) < 4.78 is 27.4. The highest BCUT2D eigenvalue weighted by atomic mass is 35.5. The molecule has 0 radical (unpaired) electrons. The van der Waals surface area contributed by atoms with Crippen molar-refractivity contribution < 1.29 is 22.8 Å². The molecule has 0 saturated heterocycles. The van der Waals surface area contributed by atoms with E-state index in [9.17, 15) is 22.8 Å². The number of carbonyl (C=O) groups excluding carboxylic acids is 3. The summed E-state index contributed by atoms with van der Waals surface area (Å²) in [7, 11) is -3.91. The fourth-order valence-corrected chi connectivity index (χ4v) is 4.18. The molecule has 1 heterocycles. The monoisotopic (exact) mass is 455 g/mol. The Morgan fingerprint density at radius 3 is 2.06 bits per heavy atom. The minimum absolute atomic E-state index is 0.00206. The van der Waals surface area contributed by atoms with Crippen molar-refractivity contribution in [1.82, 2.24) is 10.4 Å². The van der Waals surface area contributed by atoms with Gasteiger partial charge in [0.15, 0.2) is 0 Å². The number of nitrogens with zero attached hydrogens (tertiary/aromatic N) is 1. The van der Waals surface area contributed by atoms with E-state index in [-0.39, 0.29) is 27.3 Å². The molecule has 10 heteroatoms. The number of hydrogen-bond acceptors (Lipinski definition) is 5. The molecule has 0 spiro atoms. The number of benzene rings is 3. The number of hydrazine groups is 1. The lowest BCUT2D eigenvalue weighted by Crippen LogP contribution is -2.45. The highest BCUT2D eigenvalue weighted by Crippen LogP contribution is 2.22. The summed E-state index contributed by atoms with van der Waals surface area (Å²) in [5, 5.41) is 1.03. The predicted molar refractivity (Wildman–Crippen MR) is 113 cm³/mol. The maximum Gasteiger partial charge on any atom is 0.280 e. The number of rotatable bonds is 5. The average molecular weight is 456 g/mol. The second-order valence-electron chi connectivity index (χ2n) is 6.57. The van der Waals surface area contributed by atoms with Crippen molar-refractivity contribution in [3.63, 3.8) is 0 Å². The molecule has 1 aliphatic heterocycles. The van der Waals surface area contributed by atoms with Crippen LogP contribution >= 0.6 is 11.6 Å². The molecule has 0 saturated carbocycles. The SMILES string of the molecule is O=C(NN1C(=O)c2ccccc2C1=O)c1cccc(NS(=O)(=O)c2ccc(Cl)cc2)c1. The molecule has 3 aromatic carbocycles. The van der Waals surface area contributed by atoms with Gasteiger partial charge in [-0.1, -0.05) is 29.8 Å². The third-order valence-electron chi connectivity index (χ3n) is 4.51. The minimum atomic E-state index is -3.91. The highest BCUT2D eigenvalue weighted by Gasteiger charge is 2.36. The molecule has 1 aliphatic rings. The fourth-order valence-electron chi connectivity index (χ4n) is 3.01. The molecule has 2 N–H and O–H groups in total. The Labute approximate surface area is 182 Å². The molecular formula is C21H14ClN3O5S. The van der Waals surface area contributed by atoms with Crippen LogP contribution in [0.15, 0.2) is 77.7 Å². The van der Waals surface area contributed by atoms with Crippen LogP contribution < -0.4 is 10.1 Å². The van der Waals surface area contributed by atoms with E-state index in [0.29, 0.717) is 10.0 Å². The number of nitrogens with one attached hydrogen (secondary N) is 2. The van der Waals surface area contributed by atoms with Gasteiger partial charge < -0.3 is 0 Å². The van der Waals surface area contributed by atoms with Crippen molar-refractivity contribution in [3.8, 4) is 0 Å². The molecular weight excluding hydrogens is 442 g/mol. The van der Waals surface area contributed by atoms with Gasteiger partial charge in [0.25, 0.3) is 27.7 Å². The summed E-state index contributed by atoms with van der Waals surface area (Å²) in [6.45, 7) is 0. The lowest BCUT2D eigenvalue weighted by molar-refractivity contribution is 0.0518. The quantitative estimate of drug-likeness (QED) is 0.574. The van der Waals surface area contributed by atoms with Gasteiger partial charge in [0, 0.05) is 16.3 Å². The first-order valence-electron chi connectivity index (χ1n) is 8.93. The Hall–Kier alpha value is -3.69. The molecule has 156 valence electrons. The van der Waals surface area contributed by atoms with Crippen LogP contribution in [0.4, 0.5) is 5.69 Å². The van der Waals surface area contributed by atoms with E-state index < -0.39 is 27.7 Å². The molecule has 0 aliphatic carbocycles. The molecule has 3 amide bonds. The van der Waals surface area contributed by atoms with Gasteiger partial charge >= 0.3 is 0 Å². The van der Waals surface area contributed by atoms with E-state index in [1.165, 1.54) is 60.7 Å². The van der Waals surface area contributed by atoms with Crippen molar-refractivity contribution in [2.45, 2.75) is 4.90 Å². The number of imide groups is 1. The topological polar surface area (TPSA) is 113 Å². The number of halogens is 1. The predicted octanol–water partition coefficient (Wildman–Crippen LogP) is 3.08. The maximum atomic E-state index is 12.6. The normalized spacial score (nSPS) is 13.1. The second-order valence-corrected chi connectivity index (χ2v) is 8.69. The Balaban J connectivity index is 1.52. The van der Waals surface area contributed by atoms with Gasteiger partial charge in [-0.3, -0.25) is 24.5 Å². The molecule has 4 rings (SSSR count). The smallest absolute Gasteiger partial charge is 0.280 e. The van der Waals surface area contributed by atoms with Crippen LogP contribution in [0.5, 0.6) is 0 Å². The summed E-state index contributed by atoms with van der Waals surface area (Å²) in [5.41, 5.74) is 2.84. The van der Waals surface area contributed by atoms with Gasteiger partial charge in [-0.25, -0.2) is 8.42 Å². The fraction of sp³-hybridized carbons (Fsp3) is 0. The third-order valence-corrected chi connectivity index (χ3v) is 6.16. The van der Waals surface area contributed by atoms with E-state index in [1.54, 1.807) is 12.1 Å². The molecule has 3 aromatic rings. The number of fused-ring (bicyclic) bond motifs is 1. The summed E-state index contributed by atoms with van der Waals surface area (Å²) >= 11 is 5.79. The summed E-state index contributed by atoms with van der Waals surface area (Å²) in [4.78, 5) is 37.4. The average Bonchev–Trinajstić information content (AvgIpc) is 2.99. The number of hydrogen-bond donors (Lipinski definition) is 2. The number of sulfonamides is 1. The maximum absolute atomic E-state index is 12.6. The van der Waals surface area contributed by atoms with E-state index >= 15 is 0 Å². The van der Waals surface area contributed by atoms with E-state index in [4.69, 9.17) is 11.6 Å². The van der Waals surface area contributed by atoms with Crippen LogP contribution in [0.25, 0.3) is 0 Å². The zero-order valence-electron chi connectivity index (χ0n) is 15.7. The molecule has 0 atom stereocenters. The van der Waals surface area contributed by atoms with Crippen molar-refractivity contribution in [3.05, 3.63) is 94.5 Å². The molecule has 31 heavy (non-hydrogen) atoms. The van der Waals surface area contributed by atoms with Crippen LogP contribution in [0, 0.1) is 0 Å². The van der Waals surface area contributed by atoms with Gasteiger partial charge in [0.2, 0.25) is 0 Å².